The van der Waals surface area contributed by atoms with Crippen molar-refractivity contribution in [2.24, 2.45) is 10.4 Å². The molecule has 17 heavy (non-hydrogen) atoms. The summed E-state index contributed by atoms with van der Waals surface area (Å²) in [5, 5.41) is 13.0. The summed E-state index contributed by atoms with van der Waals surface area (Å²) in [7, 11) is 0. The van der Waals surface area contributed by atoms with Gasteiger partial charge in [-0.3, -0.25) is 9.59 Å². The van der Waals surface area contributed by atoms with Crippen LogP contribution >= 0.6 is 0 Å². The van der Waals surface area contributed by atoms with Gasteiger partial charge in [0.2, 0.25) is 5.91 Å². The number of nitrogens with zero attached hydrogens (tertiary/aromatic N) is 1. The second-order valence-corrected chi connectivity index (χ2v) is 4.14. The fourth-order valence-corrected chi connectivity index (χ4v) is 1.95. The fraction of sp³-hybridized carbons (Fsp3) is 0.545. The summed E-state index contributed by atoms with van der Waals surface area (Å²) in [6, 6.07) is -0.872. The van der Waals surface area contributed by atoms with Crippen molar-refractivity contribution in [1.29, 1.82) is 0 Å². The van der Waals surface area contributed by atoms with Gasteiger partial charge >= 0.3 is 29.6 Å². The van der Waals surface area contributed by atoms with Crippen LogP contribution in [0.3, 0.4) is 0 Å². The third-order valence-corrected chi connectivity index (χ3v) is 2.55. The molecular formula is C11H15N2NaO3. The first kappa shape index (κ1) is 16.4. The molecule has 0 aliphatic carbocycles. The van der Waals surface area contributed by atoms with E-state index in [0.29, 0.717) is 12.8 Å². The Hall–Kier alpha value is -0.650. The van der Waals surface area contributed by atoms with Gasteiger partial charge in [-0.1, -0.05) is 18.9 Å². The minimum atomic E-state index is -1.23. The van der Waals surface area contributed by atoms with Crippen molar-refractivity contribution in [3.8, 4) is 0 Å². The number of nitrogens with one attached hydrogen (secondary N) is 1. The van der Waals surface area contributed by atoms with E-state index in [2.05, 4.69) is 16.9 Å². The van der Waals surface area contributed by atoms with E-state index in [-0.39, 0.29) is 36.0 Å². The normalized spacial score (nSPS) is 23.5. The van der Waals surface area contributed by atoms with Crippen molar-refractivity contribution in [3.63, 3.8) is 0 Å². The predicted molar refractivity (Wildman–Crippen MR) is 57.4 cm³/mol. The van der Waals surface area contributed by atoms with E-state index in [1.54, 1.807) is 6.92 Å². The average Bonchev–Trinajstić information content (AvgIpc) is 2.13. The van der Waals surface area contributed by atoms with Crippen molar-refractivity contribution in [1.82, 2.24) is 5.32 Å². The Morgan fingerprint density at radius 2 is 2.12 bits per heavy atom. The van der Waals surface area contributed by atoms with E-state index in [4.69, 9.17) is 0 Å². The molecular weight excluding hydrogens is 231 g/mol. The molecule has 0 spiro atoms. The molecule has 88 valence electrons. The third kappa shape index (κ3) is 3.40. The maximum Gasteiger partial charge on any atom is 1.00 e. The van der Waals surface area contributed by atoms with Gasteiger partial charge in [-0.05, 0) is 19.8 Å². The molecule has 1 aliphatic heterocycles. The zero-order valence-corrected chi connectivity index (χ0v) is 12.5. The molecule has 6 heteroatoms. The summed E-state index contributed by atoms with van der Waals surface area (Å²) < 4.78 is 0. The van der Waals surface area contributed by atoms with Crippen molar-refractivity contribution < 1.29 is 44.3 Å². The van der Waals surface area contributed by atoms with Crippen LogP contribution < -0.4 is 40.0 Å². The molecule has 0 aromatic carbocycles. The van der Waals surface area contributed by atoms with Gasteiger partial charge in [0.15, 0.2) is 0 Å². The number of hydrogen-bond acceptors (Lipinski definition) is 3. The quantitative estimate of drug-likeness (QED) is 0.328. The van der Waals surface area contributed by atoms with E-state index >= 15 is 0 Å². The molecule has 1 atom stereocenters. The standard InChI is InChI=1S/C11H16N2O3.Na/c1-4-5-11(6-7(2)3)8(14)12-10(16)13-9(11)15;/h2,4-6H2,1,3H3,(H2,12,13,14,15,16);/q;+1/p-1. The van der Waals surface area contributed by atoms with Crippen LogP contribution in [-0.4, -0.2) is 17.8 Å². The van der Waals surface area contributed by atoms with Crippen LogP contribution in [0.4, 0.5) is 0 Å². The summed E-state index contributed by atoms with van der Waals surface area (Å²) in [6.45, 7) is 7.32. The molecule has 0 fully saturated rings. The Bertz CT molecular complexity index is 379. The Balaban J connectivity index is 0.00000256. The minimum absolute atomic E-state index is 0. The molecule has 5 nitrogen and oxygen atoms in total. The monoisotopic (exact) mass is 246 g/mol. The van der Waals surface area contributed by atoms with Gasteiger partial charge < -0.3 is 10.4 Å². The number of allylic oxidation sites excluding steroid dienone is 1. The first-order chi connectivity index (χ1) is 7.42. The summed E-state index contributed by atoms with van der Waals surface area (Å²) >= 11 is 0. The van der Waals surface area contributed by atoms with Crippen LogP contribution in [0.1, 0.15) is 33.1 Å². The molecule has 1 heterocycles. The summed E-state index contributed by atoms with van der Waals surface area (Å²) in [5.74, 6) is -1.20. The second-order valence-electron chi connectivity index (χ2n) is 4.14. The van der Waals surface area contributed by atoms with Crippen molar-refractivity contribution >= 4 is 17.8 Å². The van der Waals surface area contributed by atoms with Crippen LogP contribution in [0.15, 0.2) is 17.1 Å². The zero-order chi connectivity index (χ0) is 12.3. The number of carbonyl (C=O) groups excluding carboxylic acids is 2. The van der Waals surface area contributed by atoms with Gasteiger partial charge in [-0.15, -0.1) is 6.58 Å². The predicted octanol–water partition coefficient (Wildman–Crippen LogP) is -2.88. The van der Waals surface area contributed by atoms with Gasteiger partial charge in [0.25, 0.3) is 5.91 Å². The number of rotatable bonds is 4. The van der Waals surface area contributed by atoms with Crippen LogP contribution in [0.2, 0.25) is 0 Å². The van der Waals surface area contributed by atoms with E-state index in [0.717, 1.165) is 5.57 Å². The smallest absolute Gasteiger partial charge is 0.846 e. The SMILES string of the molecule is C=C(C)CC1(CCC)C(=O)N=C([O-])NC1=O.[Na+]. The fourth-order valence-electron chi connectivity index (χ4n) is 1.95. The first-order valence-corrected chi connectivity index (χ1v) is 5.18. The molecule has 1 N–H and O–H groups in total. The van der Waals surface area contributed by atoms with Crippen molar-refractivity contribution in [2.45, 2.75) is 33.1 Å². The van der Waals surface area contributed by atoms with Crippen molar-refractivity contribution in [3.05, 3.63) is 12.2 Å². The number of carbonyl (C=O) groups is 2. The van der Waals surface area contributed by atoms with Crippen LogP contribution in [0, 0.1) is 5.41 Å². The van der Waals surface area contributed by atoms with Gasteiger partial charge in [0.05, 0.1) is 6.02 Å². The summed E-state index contributed by atoms with van der Waals surface area (Å²) in [6.07, 6.45) is 1.28. The molecule has 2 amide bonds. The van der Waals surface area contributed by atoms with Gasteiger partial charge in [0, 0.05) is 0 Å². The largest absolute Gasteiger partial charge is 1.00 e. The van der Waals surface area contributed by atoms with Crippen LogP contribution in [0.5, 0.6) is 0 Å². The molecule has 0 saturated carbocycles. The summed E-state index contributed by atoms with van der Waals surface area (Å²) in [4.78, 5) is 26.9. The Morgan fingerprint density at radius 3 is 2.53 bits per heavy atom. The van der Waals surface area contributed by atoms with E-state index < -0.39 is 23.3 Å². The molecule has 0 radical (unpaired) electrons. The number of hydrogen-bond donors (Lipinski definition) is 1. The Kier molecular flexibility index (Phi) is 6.09. The Labute approximate surface area is 123 Å². The maximum absolute atomic E-state index is 11.8. The zero-order valence-electron chi connectivity index (χ0n) is 10.5. The van der Waals surface area contributed by atoms with Crippen LogP contribution in [0.25, 0.3) is 0 Å². The van der Waals surface area contributed by atoms with E-state index in [1.165, 1.54) is 0 Å². The molecule has 0 bridgehead atoms. The number of amidine groups is 1. The molecule has 1 rings (SSSR count). The molecule has 0 saturated heterocycles. The topological polar surface area (TPSA) is 81.6 Å². The van der Waals surface area contributed by atoms with Crippen LogP contribution in [-0.2, 0) is 9.59 Å². The Morgan fingerprint density at radius 1 is 1.53 bits per heavy atom. The molecule has 0 aromatic heterocycles. The molecule has 0 aromatic rings. The van der Waals surface area contributed by atoms with E-state index in [1.807, 2.05) is 6.92 Å². The van der Waals surface area contributed by atoms with Crippen molar-refractivity contribution in [2.75, 3.05) is 0 Å². The molecule has 1 aliphatic rings. The summed E-state index contributed by atoms with van der Waals surface area (Å²) in [5.41, 5.74) is -0.504. The number of aliphatic imine (C=N–C) groups is 1. The minimum Gasteiger partial charge on any atom is -0.846 e. The van der Waals surface area contributed by atoms with E-state index in [9.17, 15) is 14.7 Å². The molecule has 1 unspecified atom stereocenters. The second kappa shape index (κ2) is 6.33. The van der Waals surface area contributed by atoms with Gasteiger partial charge in [-0.2, -0.15) is 0 Å². The first-order valence-electron chi connectivity index (χ1n) is 5.18. The third-order valence-electron chi connectivity index (χ3n) is 2.55. The average molecular weight is 246 g/mol. The number of amides is 2. The van der Waals surface area contributed by atoms with Gasteiger partial charge in [-0.25, -0.2) is 4.99 Å². The van der Waals surface area contributed by atoms with Gasteiger partial charge in [0.1, 0.15) is 5.41 Å². The maximum atomic E-state index is 11.8.